The van der Waals surface area contributed by atoms with E-state index in [-0.39, 0.29) is 28.2 Å². The predicted octanol–water partition coefficient (Wildman–Crippen LogP) is 4.13. The van der Waals surface area contributed by atoms with Crippen LogP contribution in [-0.2, 0) is 20.2 Å². The van der Waals surface area contributed by atoms with Gasteiger partial charge in [-0.3, -0.25) is 9.11 Å². The van der Waals surface area contributed by atoms with Crippen LogP contribution in [-0.4, -0.2) is 50.8 Å². The molecule has 0 bridgehead atoms. The Morgan fingerprint density at radius 1 is 0.727 bits per heavy atom. The van der Waals surface area contributed by atoms with Crippen LogP contribution in [0, 0.1) is 0 Å². The first-order valence-electron chi connectivity index (χ1n) is 9.03. The van der Waals surface area contributed by atoms with E-state index < -0.39 is 20.2 Å². The van der Waals surface area contributed by atoms with Crippen molar-refractivity contribution in [3.05, 3.63) is 36.4 Å². The lowest BCUT2D eigenvalue weighted by atomic mass is 10.3. The van der Waals surface area contributed by atoms with E-state index >= 15 is 0 Å². The Balaban J connectivity index is 0.000000569. The van der Waals surface area contributed by atoms with Crippen LogP contribution in [0.2, 0.25) is 0 Å². The number of benzene rings is 2. The van der Waals surface area contributed by atoms with Gasteiger partial charge in [-0.15, -0.1) is 23.5 Å². The second-order valence-electron chi connectivity index (χ2n) is 6.47. The molecule has 0 radical (unpaired) electrons. The maximum Gasteiger partial charge on any atom is 0.294 e. The first kappa shape index (κ1) is 31.4. The summed E-state index contributed by atoms with van der Waals surface area (Å²) < 4.78 is 61.5. The van der Waals surface area contributed by atoms with Crippen LogP contribution in [0.5, 0.6) is 0 Å². The number of fused-ring (bicyclic) bond motifs is 2. The van der Waals surface area contributed by atoms with Crippen molar-refractivity contribution >= 4 is 55.1 Å². The zero-order valence-corrected chi connectivity index (χ0v) is 21.7. The van der Waals surface area contributed by atoms with Crippen molar-refractivity contribution in [3.63, 3.8) is 0 Å². The van der Waals surface area contributed by atoms with Crippen molar-refractivity contribution in [1.29, 1.82) is 0 Å². The van der Waals surface area contributed by atoms with Crippen molar-refractivity contribution in [1.82, 2.24) is 18.5 Å². The predicted molar refractivity (Wildman–Crippen MR) is 135 cm³/mol. The molecule has 2 aromatic rings. The number of hydrogen-bond donors (Lipinski definition) is 5. The largest absolute Gasteiger partial charge is 0.361 e. The summed E-state index contributed by atoms with van der Waals surface area (Å²) in [7, 11) is -8.16. The van der Waals surface area contributed by atoms with Crippen LogP contribution in [0.15, 0.2) is 56.0 Å². The highest BCUT2D eigenvalue weighted by Crippen LogP contribution is 2.40. The molecule has 188 valence electrons. The molecular weight excluding hydrogens is 510 g/mol. The molecule has 2 aromatic carbocycles. The van der Waals surface area contributed by atoms with Gasteiger partial charge in [0.05, 0.1) is 32.9 Å². The number of rotatable bonds is 4. The van der Waals surface area contributed by atoms with Crippen LogP contribution < -0.4 is 28.3 Å². The highest BCUT2D eigenvalue weighted by atomic mass is 32.2. The highest BCUT2D eigenvalue weighted by molar-refractivity contribution is 8.00. The van der Waals surface area contributed by atoms with Crippen LogP contribution in [0.4, 0.5) is 11.4 Å². The lowest BCUT2D eigenvalue weighted by Gasteiger charge is -2.15. The van der Waals surface area contributed by atoms with E-state index in [1.807, 2.05) is 13.8 Å². The lowest BCUT2D eigenvalue weighted by Crippen LogP contribution is -2.17. The summed E-state index contributed by atoms with van der Waals surface area (Å²) in [5.74, 6) is 1.67. The Morgan fingerprint density at radius 3 is 1.33 bits per heavy atom. The Kier molecular flexibility index (Phi) is 11.7. The molecule has 0 saturated carbocycles. The molecular formula is C18H31N5O6S4. The normalized spacial score (nSPS) is 14.1. The van der Waals surface area contributed by atoms with Gasteiger partial charge in [0.2, 0.25) is 0 Å². The zero-order chi connectivity index (χ0) is 22.1. The number of nitrogens with zero attached hydrogens (tertiary/aromatic N) is 2. The minimum absolute atomic E-state index is 0. The maximum absolute atomic E-state index is 10.9. The summed E-state index contributed by atoms with van der Waals surface area (Å²) in [6, 6.07) is 9.38. The molecule has 0 unspecified atom stereocenters. The van der Waals surface area contributed by atoms with Crippen molar-refractivity contribution in [3.8, 4) is 0 Å². The lowest BCUT2D eigenvalue weighted by molar-refractivity contribution is 0.480. The first-order valence-corrected chi connectivity index (χ1v) is 13.9. The number of anilines is 2. The van der Waals surface area contributed by atoms with Crippen LogP contribution in [0.3, 0.4) is 0 Å². The van der Waals surface area contributed by atoms with Crippen LogP contribution in [0.25, 0.3) is 0 Å². The van der Waals surface area contributed by atoms with Gasteiger partial charge in [-0.2, -0.15) is 16.8 Å². The molecule has 0 spiro atoms. The van der Waals surface area contributed by atoms with Crippen LogP contribution in [0.1, 0.15) is 13.8 Å². The molecule has 33 heavy (non-hydrogen) atoms. The van der Waals surface area contributed by atoms with Crippen molar-refractivity contribution in [2.24, 2.45) is 0 Å². The Hall–Kier alpha value is -1.56. The molecule has 11 nitrogen and oxygen atoms in total. The first-order chi connectivity index (χ1) is 14.0. The van der Waals surface area contributed by atoms with E-state index in [2.05, 4.69) is 9.80 Å². The van der Waals surface area contributed by atoms with E-state index in [9.17, 15) is 16.8 Å². The Labute approximate surface area is 203 Å². The molecule has 11 N–H and O–H groups in total. The molecule has 4 rings (SSSR count). The maximum atomic E-state index is 10.9. The number of hydrogen-bond acceptors (Lipinski definition) is 11. The second-order valence-corrected chi connectivity index (χ2v) is 11.3. The van der Waals surface area contributed by atoms with Crippen molar-refractivity contribution in [2.45, 2.75) is 33.4 Å². The smallest absolute Gasteiger partial charge is 0.294 e. The van der Waals surface area contributed by atoms with Gasteiger partial charge in [0.25, 0.3) is 20.2 Å². The molecule has 2 aliphatic heterocycles. The summed E-state index contributed by atoms with van der Waals surface area (Å²) >= 11 is 3.16. The third-order valence-corrected chi connectivity index (χ3v) is 8.51. The van der Waals surface area contributed by atoms with Gasteiger partial charge in [-0.1, -0.05) is 0 Å². The second kappa shape index (κ2) is 12.2. The topological polar surface area (TPSA) is 220 Å². The summed E-state index contributed by atoms with van der Waals surface area (Å²) in [4.78, 5) is 6.04. The van der Waals surface area contributed by atoms with E-state index in [1.165, 1.54) is 24.3 Å². The minimum Gasteiger partial charge on any atom is -0.361 e. The third-order valence-electron chi connectivity index (χ3n) is 4.65. The van der Waals surface area contributed by atoms with Gasteiger partial charge in [-0.25, -0.2) is 0 Å². The van der Waals surface area contributed by atoms with Gasteiger partial charge in [0, 0.05) is 22.9 Å². The van der Waals surface area contributed by atoms with Gasteiger partial charge in [-0.05, 0) is 50.2 Å². The zero-order valence-electron chi connectivity index (χ0n) is 18.5. The molecule has 0 saturated heterocycles. The Morgan fingerprint density at radius 2 is 1.06 bits per heavy atom. The minimum atomic E-state index is -4.08. The van der Waals surface area contributed by atoms with E-state index in [0.717, 1.165) is 46.0 Å². The molecule has 0 atom stereocenters. The summed E-state index contributed by atoms with van der Waals surface area (Å²) in [6.45, 7) is 5.88. The monoisotopic (exact) mass is 541 g/mol. The quantitative estimate of drug-likeness (QED) is 0.344. The fourth-order valence-corrected chi connectivity index (χ4v) is 6.53. The van der Waals surface area contributed by atoms with Gasteiger partial charge >= 0.3 is 0 Å². The molecule has 0 aromatic heterocycles. The van der Waals surface area contributed by atoms with Gasteiger partial charge in [0.1, 0.15) is 0 Å². The molecule has 0 fully saturated rings. The van der Waals surface area contributed by atoms with Crippen molar-refractivity contribution < 1.29 is 25.9 Å². The summed E-state index contributed by atoms with van der Waals surface area (Å²) in [5.41, 5.74) is 2.07. The fraction of sp³-hybridized carbons (Fsp3) is 0.333. The Bertz CT molecular complexity index is 1070. The molecule has 2 heterocycles. The highest BCUT2D eigenvalue weighted by Gasteiger charge is 2.22. The average Bonchev–Trinajstić information content (AvgIpc) is 3.29. The molecule has 2 aliphatic rings. The van der Waals surface area contributed by atoms with E-state index in [0.29, 0.717) is 0 Å². The standard InChI is InChI=1S/2C9H11NO3S2.3H3N/c2*1-2-10-6-14-9-5-7(15(11,12)13)3-4-8(9)10;;;/h2*3-5H,2,6H2,1H3,(H,11,12,13);3*1H3. The SMILES string of the molecule is CCN1CSc2cc(S(=O)(=O)O)ccc21.CCN1CSc2cc(S(=O)(=O)O)ccc21.N.N.N. The molecule has 15 heteroatoms. The van der Waals surface area contributed by atoms with Gasteiger partial charge in [0.15, 0.2) is 0 Å². The molecule has 0 amide bonds. The van der Waals surface area contributed by atoms with Gasteiger partial charge < -0.3 is 28.3 Å². The van der Waals surface area contributed by atoms with Crippen molar-refractivity contribution in [2.75, 3.05) is 34.6 Å². The average molecular weight is 542 g/mol. The van der Waals surface area contributed by atoms with Crippen LogP contribution >= 0.6 is 23.5 Å². The van der Waals surface area contributed by atoms with E-state index in [4.69, 9.17) is 9.11 Å². The summed E-state index contributed by atoms with van der Waals surface area (Å²) in [5, 5.41) is 0. The fourth-order valence-electron chi connectivity index (χ4n) is 3.02. The van der Waals surface area contributed by atoms with E-state index in [1.54, 1.807) is 35.7 Å². The third kappa shape index (κ3) is 7.21. The summed E-state index contributed by atoms with van der Waals surface area (Å²) in [6.07, 6.45) is 0. The molecule has 0 aliphatic carbocycles. The number of thioether (sulfide) groups is 2.